The third-order valence-electron chi connectivity index (χ3n) is 3.64. The standard InChI is InChI=1S/C19H21NO4/c1-24-17-9-7-15(8-10-17)5-6-16-11-13-20(18(21)14-16)12-3-2-4-19(22)23/h5-11,13-14H,2-4,12H2,1H3,(H,22,23)/b6-5+. The molecule has 1 heterocycles. The summed E-state index contributed by atoms with van der Waals surface area (Å²) in [6.07, 6.45) is 6.95. The number of unbranched alkanes of at least 4 members (excludes halogenated alkanes) is 1. The maximum Gasteiger partial charge on any atom is 0.303 e. The Bertz CT molecular complexity index is 760. The number of benzene rings is 1. The molecule has 5 nitrogen and oxygen atoms in total. The fourth-order valence-corrected chi connectivity index (χ4v) is 2.28. The molecule has 24 heavy (non-hydrogen) atoms. The lowest BCUT2D eigenvalue weighted by Crippen LogP contribution is -2.18. The molecule has 0 aliphatic heterocycles. The normalized spacial score (nSPS) is 10.9. The van der Waals surface area contributed by atoms with Crippen LogP contribution in [0, 0.1) is 0 Å². The van der Waals surface area contributed by atoms with E-state index in [-0.39, 0.29) is 12.0 Å². The van der Waals surface area contributed by atoms with Crippen molar-refractivity contribution in [3.05, 3.63) is 64.1 Å². The highest BCUT2D eigenvalue weighted by Gasteiger charge is 2.00. The summed E-state index contributed by atoms with van der Waals surface area (Å²) in [5.41, 5.74) is 1.77. The number of ether oxygens (including phenoxy) is 1. The average Bonchev–Trinajstić information content (AvgIpc) is 2.58. The van der Waals surface area contributed by atoms with Crippen molar-refractivity contribution >= 4 is 18.1 Å². The zero-order chi connectivity index (χ0) is 17.4. The molecule has 1 N–H and O–H groups in total. The van der Waals surface area contributed by atoms with Gasteiger partial charge in [0.25, 0.3) is 5.56 Å². The molecule has 2 aromatic rings. The number of hydrogen-bond donors (Lipinski definition) is 1. The summed E-state index contributed by atoms with van der Waals surface area (Å²) >= 11 is 0. The monoisotopic (exact) mass is 327 g/mol. The minimum Gasteiger partial charge on any atom is -0.497 e. The Morgan fingerprint density at radius 2 is 1.83 bits per heavy atom. The summed E-state index contributed by atoms with van der Waals surface area (Å²) in [5.74, 6) is -0.000917. The van der Waals surface area contributed by atoms with Crippen molar-refractivity contribution < 1.29 is 14.6 Å². The molecule has 0 aliphatic carbocycles. The minimum absolute atomic E-state index is 0.0813. The van der Waals surface area contributed by atoms with Crippen LogP contribution in [0.25, 0.3) is 12.2 Å². The molecule has 5 heteroatoms. The van der Waals surface area contributed by atoms with Gasteiger partial charge in [0.2, 0.25) is 0 Å². The number of pyridine rings is 1. The van der Waals surface area contributed by atoms with Gasteiger partial charge in [0, 0.05) is 25.2 Å². The number of hydrogen-bond acceptors (Lipinski definition) is 3. The fraction of sp³-hybridized carbons (Fsp3) is 0.263. The lowest BCUT2D eigenvalue weighted by molar-refractivity contribution is -0.137. The first-order chi connectivity index (χ1) is 11.6. The third-order valence-corrected chi connectivity index (χ3v) is 3.64. The van der Waals surface area contributed by atoms with E-state index in [0.29, 0.717) is 19.4 Å². The number of aromatic nitrogens is 1. The summed E-state index contributed by atoms with van der Waals surface area (Å²) < 4.78 is 6.72. The van der Waals surface area contributed by atoms with Crippen LogP contribution in [0.5, 0.6) is 5.75 Å². The molecule has 0 unspecified atom stereocenters. The van der Waals surface area contributed by atoms with Crippen molar-refractivity contribution in [2.45, 2.75) is 25.8 Å². The molecule has 0 fully saturated rings. The number of nitrogens with zero attached hydrogens (tertiary/aromatic N) is 1. The van der Waals surface area contributed by atoms with Crippen LogP contribution in [0.15, 0.2) is 47.4 Å². The van der Waals surface area contributed by atoms with Crippen LogP contribution in [0.4, 0.5) is 0 Å². The molecule has 0 atom stereocenters. The smallest absolute Gasteiger partial charge is 0.303 e. The maximum absolute atomic E-state index is 12.1. The highest BCUT2D eigenvalue weighted by atomic mass is 16.5. The van der Waals surface area contributed by atoms with Crippen LogP contribution in [0.2, 0.25) is 0 Å². The summed E-state index contributed by atoms with van der Waals surface area (Å²) in [5, 5.41) is 8.60. The number of aliphatic carboxylic acids is 1. The van der Waals surface area contributed by atoms with Crippen molar-refractivity contribution in [3.63, 3.8) is 0 Å². The van der Waals surface area contributed by atoms with Crippen molar-refractivity contribution in [1.82, 2.24) is 4.57 Å². The van der Waals surface area contributed by atoms with E-state index in [9.17, 15) is 9.59 Å². The van der Waals surface area contributed by atoms with Crippen LogP contribution in [-0.4, -0.2) is 22.8 Å². The SMILES string of the molecule is COc1ccc(/C=C/c2ccn(CCCCC(=O)O)c(=O)c2)cc1. The molecule has 0 bridgehead atoms. The van der Waals surface area contributed by atoms with E-state index >= 15 is 0 Å². The molecule has 1 aromatic heterocycles. The van der Waals surface area contributed by atoms with Gasteiger partial charge in [-0.25, -0.2) is 0 Å². The summed E-state index contributed by atoms with van der Waals surface area (Å²) in [4.78, 5) is 22.5. The second-order valence-electron chi connectivity index (χ2n) is 5.45. The molecule has 126 valence electrons. The Kier molecular flexibility index (Phi) is 6.37. The average molecular weight is 327 g/mol. The molecule has 0 radical (unpaired) electrons. The maximum atomic E-state index is 12.1. The van der Waals surface area contributed by atoms with Crippen LogP contribution in [0.3, 0.4) is 0 Å². The summed E-state index contributed by atoms with van der Waals surface area (Å²) in [7, 11) is 1.63. The van der Waals surface area contributed by atoms with Crippen molar-refractivity contribution in [1.29, 1.82) is 0 Å². The molecular weight excluding hydrogens is 306 g/mol. The number of rotatable bonds is 8. The third kappa shape index (κ3) is 5.43. The molecule has 0 spiro atoms. The topological polar surface area (TPSA) is 68.5 Å². The van der Waals surface area contributed by atoms with Gasteiger partial charge >= 0.3 is 5.97 Å². The van der Waals surface area contributed by atoms with Crippen LogP contribution in [0.1, 0.15) is 30.4 Å². The molecule has 0 aliphatic rings. The van der Waals surface area contributed by atoms with E-state index in [1.54, 1.807) is 23.9 Å². The molecule has 0 saturated heterocycles. The van der Waals surface area contributed by atoms with Gasteiger partial charge in [-0.3, -0.25) is 9.59 Å². The lowest BCUT2D eigenvalue weighted by atomic mass is 10.1. The first-order valence-electron chi connectivity index (χ1n) is 7.83. The molecule has 0 saturated carbocycles. The van der Waals surface area contributed by atoms with Gasteiger partial charge in [0.15, 0.2) is 0 Å². The second kappa shape index (κ2) is 8.72. The van der Waals surface area contributed by atoms with Gasteiger partial charge < -0.3 is 14.4 Å². The number of carboxylic acid groups (broad SMARTS) is 1. The van der Waals surface area contributed by atoms with E-state index in [1.807, 2.05) is 42.5 Å². The second-order valence-corrected chi connectivity index (χ2v) is 5.45. The van der Waals surface area contributed by atoms with E-state index in [2.05, 4.69) is 0 Å². The minimum atomic E-state index is -0.804. The van der Waals surface area contributed by atoms with Crippen molar-refractivity contribution in [2.75, 3.05) is 7.11 Å². The molecular formula is C19H21NO4. The first kappa shape index (κ1) is 17.5. The largest absolute Gasteiger partial charge is 0.497 e. The van der Waals surface area contributed by atoms with E-state index in [1.165, 1.54) is 0 Å². The molecule has 2 rings (SSSR count). The van der Waals surface area contributed by atoms with Crippen LogP contribution >= 0.6 is 0 Å². The van der Waals surface area contributed by atoms with Gasteiger partial charge in [-0.1, -0.05) is 24.3 Å². The Morgan fingerprint density at radius 1 is 1.12 bits per heavy atom. The highest BCUT2D eigenvalue weighted by molar-refractivity contribution is 5.69. The zero-order valence-electron chi connectivity index (χ0n) is 13.6. The van der Waals surface area contributed by atoms with Gasteiger partial charge in [-0.05, 0) is 42.2 Å². The summed E-state index contributed by atoms with van der Waals surface area (Å²) in [6.45, 7) is 0.536. The van der Waals surface area contributed by atoms with Crippen LogP contribution < -0.4 is 10.3 Å². The van der Waals surface area contributed by atoms with Gasteiger partial charge in [0.1, 0.15) is 5.75 Å². The summed E-state index contributed by atoms with van der Waals surface area (Å²) in [6, 6.07) is 11.1. The Morgan fingerprint density at radius 3 is 2.46 bits per heavy atom. The first-order valence-corrected chi connectivity index (χ1v) is 7.83. The predicted octanol–water partition coefficient (Wildman–Crippen LogP) is 3.28. The van der Waals surface area contributed by atoms with Gasteiger partial charge in [0.05, 0.1) is 7.11 Å². The van der Waals surface area contributed by atoms with Crippen molar-refractivity contribution in [2.24, 2.45) is 0 Å². The molecule has 1 aromatic carbocycles. The Balaban J connectivity index is 1.96. The quantitative estimate of drug-likeness (QED) is 0.756. The Hall–Kier alpha value is -2.82. The zero-order valence-corrected chi connectivity index (χ0v) is 13.6. The number of aryl methyl sites for hydroxylation is 1. The van der Waals surface area contributed by atoms with E-state index in [4.69, 9.17) is 9.84 Å². The number of carboxylic acids is 1. The van der Waals surface area contributed by atoms with Crippen LogP contribution in [-0.2, 0) is 11.3 Å². The van der Waals surface area contributed by atoms with Gasteiger partial charge in [-0.2, -0.15) is 0 Å². The van der Waals surface area contributed by atoms with Gasteiger partial charge in [-0.15, -0.1) is 0 Å². The Labute approximate surface area is 140 Å². The fourth-order valence-electron chi connectivity index (χ4n) is 2.28. The van der Waals surface area contributed by atoms with E-state index in [0.717, 1.165) is 16.9 Å². The lowest BCUT2D eigenvalue weighted by Gasteiger charge is -2.05. The number of carbonyl (C=O) groups is 1. The number of methoxy groups -OCH3 is 1. The molecule has 0 amide bonds. The predicted molar refractivity (Wildman–Crippen MR) is 94.1 cm³/mol. The van der Waals surface area contributed by atoms with Crippen molar-refractivity contribution in [3.8, 4) is 5.75 Å². The highest BCUT2D eigenvalue weighted by Crippen LogP contribution is 2.13. The van der Waals surface area contributed by atoms with E-state index < -0.39 is 5.97 Å².